The molecular formula is C20H21ClN4O. The number of hydrogen-bond donors (Lipinski definition) is 2. The Morgan fingerprint density at radius 3 is 2.58 bits per heavy atom. The lowest BCUT2D eigenvalue weighted by Crippen LogP contribution is -2.35. The first-order valence-corrected chi connectivity index (χ1v) is 9.27. The van der Waals surface area contributed by atoms with Gasteiger partial charge in [0.1, 0.15) is 11.6 Å². The molecular weight excluding hydrogens is 348 g/mol. The Bertz CT molecular complexity index is 824. The van der Waals surface area contributed by atoms with Gasteiger partial charge in [-0.2, -0.15) is 10.4 Å². The van der Waals surface area contributed by atoms with E-state index < -0.39 is 0 Å². The first-order chi connectivity index (χ1) is 12.7. The molecule has 0 spiro atoms. The highest BCUT2D eigenvalue weighted by Crippen LogP contribution is 2.25. The summed E-state index contributed by atoms with van der Waals surface area (Å²) < 4.78 is 0. The fourth-order valence-electron chi connectivity index (χ4n) is 3.24. The van der Waals surface area contributed by atoms with E-state index in [1.165, 1.54) is 12.8 Å². The second-order valence-electron chi connectivity index (χ2n) is 6.54. The van der Waals surface area contributed by atoms with Crippen LogP contribution in [0.2, 0.25) is 5.02 Å². The lowest BCUT2D eigenvalue weighted by Gasteiger charge is -2.15. The zero-order valence-corrected chi connectivity index (χ0v) is 15.2. The summed E-state index contributed by atoms with van der Waals surface area (Å²) >= 11 is 5.93. The fourth-order valence-corrected chi connectivity index (χ4v) is 3.37. The van der Waals surface area contributed by atoms with Crippen molar-refractivity contribution < 1.29 is 4.79 Å². The molecule has 0 bridgehead atoms. The predicted octanol–water partition coefficient (Wildman–Crippen LogP) is 4.48. The van der Waals surface area contributed by atoms with Gasteiger partial charge in [0, 0.05) is 22.2 Å². The number of aromatic nitrogens is 2. The molecule has 5 nitrogen and oxygen atoms in total. The maximum atomic E-state index is 12.5. The van der Waals surface area contributed by atoms with Gasteiger partial charge in [0.25, 0.3) is 5.91 Å². The maximum absolute atomic E-state index is 12.5. The Kier molecular flexibility index (Phi) is 6.08. The molecule has 134 valence electrons. The number of benzene rings is 1. The molecule has 3 rings (SSSR count). The van der Waals surface area contributed by atoms with Crippen molar-refractivity contribution in [3.63, 3.8) is 0 Å². The summed E-state index contributed by atoms with van der Waals surface area (Å²) in [4.78, 5) is 12.5. The van der Waals surface area contributed by atoms with Gasteiger partial charge >= 0.3 is 0 Å². The smallest absolute Gasteiger partial charge is 0.262 e. The zero-order chi connectivity index (χ0) is 18.4. The van der Waals surface area contributed by atoms with Crippen LogP contribution in [-0.4, -0.2) is 22.1 Å². The van der Waals surface area contributed by atoms with Crippen LogP contribution in [0.4, 0.5) is 0 Å². The molecule has 1 saturated carbocycles. The number of halogens is 1. The van der Waals surface area contributed by atoms with Gasteiger partial charge in [0.15, 0.2) is 0 Å². The van der Waals surface area contributed by atoms with E-state index in [9.17, 15) is 10.1 Å². The minimum atomic E-state index is -0.317. The predicted molar refractivity (Wildman–Crippen MR) is 102 cm³/mol. The molecule has 0 saturated heterocycles. The van der Waals surface area contributed by atoms with Crippen LogP contribution in [-0.2, 0) is 4.79 Å². The summed E-state index contributed by atoms with van der Waals surface area (Å²) in [6, 6.07) is 9.48. The van der Waals surface area contributed by atoms with Gasteiger partial charge in [-0.3, -0.25) is 9.89 Å². The summed E-state index contributed by atoms with van der Waals surface area (Å²) in [5.74, 6) is -0.317. The molecule has 0 radical (unpaired) electrons. The van der Waals surface area contributed by atoms with E-state index >= 15 is 0 Å². The Morgan fingerprint density at radius 2 is 1.92 bits per heavy atom. The number of rotatable bonds is 4. The summed E-state index contributed by atoms with van der Waals surface area (Å²) in [6.07, 6.45) is 9.83. The fraction of sp³-hybridized carbons (Fsp3) is 0.350. The normalized spacial score (nSPS) is 15.9. The topological polar surface area (TPSA) is 81.6 Å². The summed E-state index contributed by atoms with van der Waals surface area (Å²) in [7, 11) is 0. The van der Waals surface area contributed by atoms with Crippen LogP contribution in [0.5, 0.6) is 0 Å². The Balaban J connectivity index is 1.79. The minimum Gasteiger partial charge on any atom is -0.349 e. The van der Waals surface area contributed by atoms with Crippen LogP contribution >= 0.6 is 11.6 Å². The third kappa shape index (κ3) is 4.53. The number of carbonyl (C=O) groups excluding carboxylic acids is 1. The van der Waals surface area contributed by atoms with Crippen molar-refractivity contribution in [1.29, 1.82) is 5.26 Å². The van der Waals surface area contributed by atoms with E-state index in [1.54, 1.807) is 24.4 Å². The van der Waals surface area contributed by atoms with E-state index in [0.717, 1.165) is 36.9 Å². The lowest BCUT2D eigenvalue weighted by molar-refractivity contribution is -0.117. The molecule has 1 aliphatic rings. The van der Waals surface area contributed by atoms with Gasteiger partial charge in [-0.15, -0.1) is 0 Å². The molecule has 2 aromatic rings. The third-order valence-electron chi connectivity index (χ3n) is 4.66. The van der Waals surface area contributed by atoms with Gasteiger partial charge in [-0.25, -0.2) is 0 Å². The SMILES string of the molecule is N#C/C(=C\c1cn[nH]c1-c1ccc(Cl)cc1)C(=O)NC1CCCCCC1. The maximum Gasteiger partial charge on any atom is 0.262 e. The number of nitriles is 1. The van der Waals surface area contributed by atoms with Crippen LogP contribution in [0.3, 0.4) is 0 Å². The Morgan fingerprint density at radius 1 is 1.23 bits per heavy atom. The first kappa shape index (κ1) is 18.2. The van der Waals surface area contributed by atoms with E-state index in [-0.39, 0.29) is 17.5 Å². The molecule has 0 unspecified atom stereocenters. The molecule has 1 aliphatic carbocycles. The molecule has 0 aliphatic heterocycles. The minimum absolute atomic E-state index is 0.0888. The van der Waals surface area contributed by atoms with Crippen LogP contribution < -0.4 is 5.32 Å². The summed E-state index contributed by atoms with van der Waals surface area (Å²) in [6.45, 7) is 0. The van der Waals surface area contributed by atoms with Crippen LogP contribution in [0.25, 0.3) is 17.3 Å². The second-order valence-corrected chi connectivity index (χ2v) is 6.98. The van der Waals surface area contributed by atoms with E-state index in [4.69, 9.17) is 11.6 Å². The number of carbonyl (C=O) groups is 1. The van der Waals surface area contributed by atoms with Gasteiger partial charge in [-0.05, 0) is 31.1 Å². The molecule has 1 fully saturated rings. The van der Waals surface area contributed by atoms with Crippen LogP contribution in [0.1, 0.15) is 44.1 Å². The van der Waals surface area contributed by atoms with E-state index in [1.807, 2.05) is 18.2 Å². The quantitative estimate of drug-likeness (QED) is 0.474. The molecule has 1 aromatic heterocycles. The van der Waals surface area contributed by atoms with Crippen molar-refractivity contribution in [2.75, 3.05) is 0 Å². The molecule has 2 N–H and O–H groups in total. The highest BCUT2D eigenvalue weighted by Gasteiger charge is 2.18. The van der Waals surface area contributed by atoms with Crippen molar-refractivity contribution in [3.05, 3.63) is 46.6 Å². The van der Waals surface area contributed by atoms with Crippen molar-refractivity contribution in [1.82, 2.24) is 15.5 Å². The molecule has 1 aromatic carbocycles. The second kappa shape index (κ2) is 8.68. The van der Waals surface area contributed by atoms with Crippen LogP contribution in [0, 0.1) is 11.3 Å². The number of nitrogens with one attached hydrogen (secondary N) is 2. The van der Waals surface area contributed by atoms with E-state index in [0.29, 0.717) is 10.6 Å². The van der Waals surface area contributed by atoms with Gasteiger partial charge in [0.05, 0.1) is 11.9 Å². The van der Waals surface area contributed by atoms with Gasteiger partial charge in [-0.1, -0.05) is 49.4 Å². The first-order valence-electron chi connectivity index (χ1n) is 8.89. The van der Waals surface area contributed by atoms with Gasteiger partial charge in [0.2, 0.25) is 0 Å². The Labute approximate surface area is 158 Å². The number of aromatic amines is 1. The number of hydrogen-bond acceptors (Lipinski definition) is 3. The monoisotopic (exact) mass is 368 g/mol. The van der Waals surface area contributed by atoms with E-state index in [2.05, 4.69) is 15.5 Å². The van der Waals surface area contributed by atoms with Crippen molar-refractivity contribution in [2.24, 2.45) is 0 Å². The molecule has 1 heterocycles. The zero-order valence-electron chi connectivity index (χ0n) is 14.5. The average molecular weight is 369 g/mol. The van der Waals surface area contributed by atoms with Crippen molar-refractivity contribution in [3.8, 4) is 17.3 Å². The molecule has 6 heteroatoms. The standard InChI is InChI=1S/C20H21ClN4O/c21-17-9-7-14(8-10-17)19-16(13-23-25-19)11-15(12-22)20(26)24-18-5-3-1-2-4-6-18/h7-11,13,18H,1-6H2,(H,23,25)(H,24,26)/b15-11+. The largest absolute Gasteiger partial charge is 0.349 e. The number of nitrogens with zero attached hydrogens (tertiary/aromatic N) is 2. The third-order valence-corrected chi connectivity index (χ3v) is 4.91. The number of H-pyrrole nitrogens is 1. The Hall–Kier alpha value is -2.58. The lowest BCUT2D eigenvalue weighted by atomic mass is 10.0. The molecule has 1 amide bonds. The van der Waals surface area contributed by atoms with Gasteiger partial charge < -0.3 is 5.32 Å². The summed E-state index contributed by atoms with van der Waals surface area (Å²) in [5, 5.41) is 20.1. The molecule has 0 atom stereocenters. The summed E-state index contributed by atoms with van der Waals surface area (Å²) in [5.41, 5.74) is 2.42. The van der Waals surface area contributed by atoms with Crippen LogP contribution in [0.15, 0.2) is 36.0 Å². The highest BCUT2D eigenvalue weighted by atomic mass is 35.5. The van der Waals surface area contributed by atoms with Crippen molar-refractivity contribution in [2.45, 2.75) is 44.6 Å². The molecule has 26 heavy (non-hydrogen) atoms. The van der Waals surface area contributed by atoms with Crippen molar-refractivity contribution >= 4 is 23.6 Å². The highest BCUT2D eigenvalue weighted by molar-refractivity contribution is 6.30. The number of amides is 1. The average Bonchev–Trinajstić information content (AvgIpc) is 2.95.